The summed E-state index contributed by atoms with van der Waals surface area (Å²) in [6.07, 6.45) is -2.62. The number of carbonyl (C=O) groups excluding carboxylic acids is 2. The second kappa shape index (κ2) is 11.0. The van der Waals surface area contributed by atoms with Crippen molar-refractivity contribution >= 4 is 17.5 Å². The summed E-state index contributed by atoms with van der Waals surface area (Å²) in [4.78, 5) is 29.2. The molecular weight excluding hydrogens is 517 g/mol. The van der Waals surface area contributed by atoms with E-state index in [9.17, 15) is 22.8 Å². The Hall–Kier alpha value is -3.85. The number of alkyl halides is 3. The summed E-state index contributed by atoms with van der Waals surface area (Å²) in [6, 6.07) is 16.4. The van der Waals surface area contributed by atoms with Crippen molar-refractivity contribution in [2.24, 2.45) is 5.73 Å². The summed E-state index contributed by atoms with van der Waals surface area (Å²) in [5.74, 6) is -0.113. The number of amides is 2. The molecule has 0 aliphatic carbocycles. The van der Waals surface area contributed by atoms with Crippen LogP contribution in [0.5, 0.6) is 0 Å². The third-order valence-corrected chi connectivity index (χ3v) is 8.05. The minimum Gasteiger partial charge on any atom is -0.366 e. The van der Waals surface area contributed by atoms with Crippen LogP contribution in [0, 0.1) is 0 Å². The number of nitrogens with one attached hydrogen (secondary N) is 1. The highest BCUT2D eigenvalue weighted by atomic mass is 19.4. The lowest BCUT2D eigenvalue weighted by molar-refractivity contribution is -0.137. The Kier molecular flexibility index (Phi) is 7.59. The van der Waals surface area contributed by atoms with Crippen LogP contribution in [0.1, 0.15) is 58.9 Å². The van der Waals surface area contributed by atoms with Gasteiger partial charge in [-0.3, -0.25) is 9.59 Å². The van der Waals surface area contributed by atoms with Gasteiger partial charge in [0.2, 0.25) is 5.91 Å². The Balaban J connectivity index is 1.29. The van der Waals surface area contributed by atoms with Gasteiger partial charge in [-0.05, 0) is 71.8 Å². The molecular formula is C31H33F3N4O2. The summed E-state index contributed by atoms with van der Waals surface area (Å²) >= 11 is 0. The minimum absolute atomic E-state index is 0.0896. The lowest BCUT2D eigenvalue weighted by atomic mass is 9.95. The number of benzene rings is 3. The van der Waals surface area contributed by atoms with Crippen molar-refractivity contribution in [2.75, 3.05) is 24.5 Å². The Bertz CT molecular complexity index is 1420. The average Bonchev–Trinajstić information content (AvgIpc) is 3.59. The van der Waals surface area contributed by atoms with Crippen molar-refractivity contribution in [3.8, 4) is 11.1 Å². The third kappa shape index (κ3) is 5.56. The molecule has 0 saturated carbocycles. The van der Waals surface area contributed by atoms with E-state index in [2.05, 4.69) is 10.2 Å². The first-order valence-electron chi connectivity index (χ1n) is 13.5. The summed E-state index contributed by atoms with van der Waals surface area (Å²) in [6.45, 7) is 5.92. The number of anilines is 1. The molecule has 210 valence electrons. The van der Waals surface area contributed by atoms with E-state index in [1.54, 1.807) is 19.1 Å². The number of hydrogen-bond donors (Lipinski definition) is 2. The predicted molar refractivity (Wildman–Crippen MR) is 149 cm³/mol. The van der Waals surface area contributed by atoms with Crippen LogP contribution in [-0.2, 0) is 23.9 Å². The quantitative estimate of drug-likeness (QED) is 0.436. The highest BCUT2D eigenvalue weighted by Gasteiger charge is 2.33. The van der Waals surface area contributed by atoms with Crippen molar-refractivity contribution in [3.05, 3.63) is 88.5 Å². The van der Waals surface area contributed by atoms with Gasteiger partial charge in [0.05, 0.1) is 11.6 Å². The Morgan fingerprint density at radius 2 is 1.80 bits per heavy atom. The molecule has 2 aliphatic heterocycles. The maximum Gasteiger partial charge on any atom is 0.416 e. The van der Waals surface area contributed by atoms with E-state index in [1.165, 1.54) is 11.6 Å². The highest BCUT2D eigenvalue weighted by molar-refractivity contribution is 5.96. The molecule has 1 unspecified atom stereocenters. The van der Waals surface area contributed by atoms with Crippen LogP contribution in [0.2, 0.25) is 0 Å². The van der Waals surface area contributed by atoms with Crippen molar-refractivity contribution in [1.82, 2.24) is 10.2 Å². The molecule has 0 aromatic heterocycles. The molecule has 40 heavy (non-hydrogen) atoms. The monoisotopic (exact) mass is 550 g/mol. The van der Waals surface area contributed by atoms with Gasteiger partial charge in [0.25, 0.3) is 5.91 Å². The average molecular weight is 551 g/mol. The van der Waals surface area contributed by atoms with E-state index >= 15 is 0 Å². The van der Waals surface area contributed by atoms with Crippen molar-refractivity contribution < 1.29 is 22.8 Å². The normalized spacial score (nSPS) is 17.6. The van der Waals surface area contributed by atoms with Crippen LogP contribution in [-0.4, -0.2) is 42.4 Å². The molecule has 6 nitrogen and oxygen atoms in total. The molecule has 3 N–H and O–H groups in total. The Morgan fingerprint density at radius 1 is 1.05 bits per heavy atom. The van der Waals surface area contributed by atoms with Gasteiger partial charge in [0, 0.05) is 50.4 Å². The molecule has 2 aliphatic rings. The van der Waals surface area contributed by atoms with E-state index < -0.39 is 11.7 Å². The lowest BCUT2D eigenvalue weighted by Crippen LogP contribution is -2.37. The summed E-state index contributed by atoms with van der Waals surface area (Å²) in [5, 5.41) is 3.04. The van der Waals surface area contributed by atoms with Crippen LogP contribution in [0.15, 0.2) is 60.7 Å². The maximum atomic E-state index is 13.3. The van der Waals surface area contributed by atoms with Crippen LogP contribution in [0.25, 0.3) is 11.1 Å². The molecule has 0 spiro atoms. The SMILES string of the molecule is CC(=O)N1CCC(N2CCc3ccc(C(=O)N[C@H](C)c4ccc(-c5cc(C(F)(F)F)ccc5CN)cc4)cc32)C1. The molecule has 1 saturated heterocycles. The van der Waals surface area contributed by atoms with E-state index in [4.69, 9.17) is 5.73 Å². The number of carbonyl (C=O) groups is 2. The molecule has 2 atom stereocenters. The molecule has 2 heterocycles. The summed E-state index contributed by atoms with van der Waals surface area (Å²) in [5.41, 5.74) is 10.4. The molecule has 0 radical (unpaired) electrons. The fourth-order valence-electron chi connectivity index (χ4n) is 5.72. The number of fused-ring (bicyclic) bond motifs is 1. The second-order valence-electron chi connectivity index (χ2n) is 10.6. The van der Waals surface area contributed by atoms with Crippen LogP contribution in [0.4, 0.5) is 18.9 Å². The zero-order valence-corrected chi connectivity index (χ0v) is 22.6. The smallest absolute Gasteiger partial charge is 0.366 e. The topological polar surface area (TPSA) is 78.7 Å². The van der Waals surface area contributed by atoms with Crippen LogP contribution < -0.4 is 16.0 Å². The fraction of sp³-hybridized carbons (Fsp3) is 0.355. The molecule has 9 heteroatoms. The van der Waals surface area contributed by atoms with Gasteiger partial charge in [0.1, 0.15) is 0 Å². The van der Waals surface area contributed by atoms with Gasteiger partial charge in [0.15, 0.2) is 0 Å². The zero-order chi connectivity index (χ0) is 28.6. The number of halogens is 3. The van der Waals surface area contributed by atoms with E-state index in [0.717, 1.165) is 49.3 Å². The first-order chi connectivity index (χ1) is 19.0. The molecule has 3 aromatic rings. The second-order valence-corrected chi connectivity index (χ2v) is 10.6. The molecule has 3 aromatic carbocycles. The third-order valence-electron chi connectivity index (χ3n) is 8.05. The van der Waals surface area contributed by atoms with Crippen molar-refractivity contribution in [2.45, 2.75) is 51.5 Å². The number of nitrogens with two attached hydrogens (primary N) is 1. The van der Waals surface area contributed by atoms with Gasteiger partial charge in [-0.2, -0.15) is 13.2 Å². The highest BCUT2D eigenvalue weighted by Crippen LogP contribution is 2.35. The lowest BCUT2D eigenvalue weighted by Gasteiger charge is -2.27. The zero-order valence-electron chi connectivity index (χ0n) is 22.6. The number of hydrogen-bond acceptors (Lipinski definition) is 4. The minimum atomic E-state index is -4.44. The first-order valence-corrected chi connectivity index (χ1v) is 13.5. The predicted octanol–water partition coefficient (Wildman–Crippen LogP) is 5.31. The van der Waals surface area contributed by atoms with E-state index in [-0.39, 0.29) is 30.4 Å². The van der Waals surface area contributed by atoms with Crippen LogP contribution >= 0.6 is 0 Å². The Labute approximate surface area is 232 Å². The summed E-state index contributed by atoms with van der Waals surface area (Å²) in [7, 11) is 0. The fourth-order valence-corrected chi connectivity index (χ4v) is 5.72. The van der Waals surface area contributed by atoms with Crippen LogP contribution in [0.3, 0.4) is 0 Å². The summed E-state index contributed by atoms with van der Waals surface area (Å²) < 4.78 is 39.8. The molecule has 1 fully saturated rings. The van der Waals surface area contributed by atoms with Gasteiger partial charge in [-0.1, -0.05) is 36.4 Å². The molecule has 2 amide bonds. The van der Waals surface area contributed by atoms with E-state index in [0.29, 0.717) is 28.8 Å². The standard InChI is InChI=1S/C31H33F3N4O2/c1-19(21-3-5-22(6-4-21)28-16-26(31(32,33)34)10-9-25(28)17-35)36-30(40)24-8-7-23-11-14-38(29(23)15-24)27-12-13-37(18-27)20(2)39/h3-10,15-16,19,27H,11-14,17-18,35H2,1-2H3,(H,36,40)/t19-,27?/m1/s1. The van der Waals surface area contributed by atoms with Crippen molar-refractivity contribution in [3.63, 3.8) is 0 Å². The van der Waals surface area contributed by atoms with Gasteiger partial charge in [-0.15, -0.1) is 0 Å². The van der Waals surface area contributed by atoms with E-state index in [1.807, 2.05) is 42.2 Å². The maximum absolute atomic E-state index is 13.3. The number of rotatable bonds is 6. The van der Waals surface area contributed by atoms with Gasteiger partial charge < -0.3 is 20.9 Å². The molecule has 0 bridgehead atoms. The first kappa shape index (κ1) is 27.7. The number of likely N-dealkylation sites (tertiary alicyclic amines) is 1. The number of nitrogens with zero attached hydrogens (tertiary/aromatic N) is 2. The van der Waals surface area contributed by atoms with Gasteiger partial charge >= 0.3 is 6.18 Å². The van der Waals surface area contributed by atoms with Gasteiger partial charge in [-0.25, -0.2) is 0 Å². The largest absolute Gasteiger partial charge is 0.416 e. The molecule has 5 rings (SSSR count). The Morgan fingerprint density at radius 3 is 2.45 bits per heavy atom. The van der Waals surface area contributed by atoms with Crippen molar-refractivity contribution in [1.29, 1.82) is 0 Å².